The van der Waals surface area contributed by atoms with Crippen molar-refractivity contribution in [1.82, 2.24) is 0 Å². The Labute approximate surface area is 208 Å². The van der Waals surface area contributed by atoms with Gasteiger partial charge in [0.25, 0.3) is 11.4 Å². The van der Waals surface area contributed by atoms with Gasteiger partial charge in [-0.3, -0.25) is 20.2 Å². The van der Waals surface area contributed by atoms with E-state index in [1.54, 1.807) is 24.3 Å². The molecule has 0 aliphatic carbocycles. The minimum absolute atomic E-state index is 0.133. The van der Waals surface area contributed by atoms with E-state index in [2.05, 4.69) is 65.2 Å². The highest BCUT2D eigenvalue weighted by Crippen LogP contribution is 2.43. The molecule has 2 aromatic rings. The van der Waals surface area contributed by atoms with Gasteiger partial charge in [-0.2, -0.15) is 0 Å². The first-order chi connectivity index (χ1) is 16.3. The van der Waals surface area contributed by atoms with E-state index >= 15 is 0 Å². The molecule has 0 radical (unpaired) electrons. The molecule has 2 aromatic carbocycles. The van der Waals surface area contributed by atoms with Crippen molar-refractivity contribution >= 4 is 22.7 Å². The van der Waals surface area contributed by atoms with Gasteiger partial charge < -0.3 is 9.80 Å². The van der Waals surface area contributed by atoms with E-state index in [9.17, 15) is 20.2 Å². The lowest BCUT2D eigenvalue weighted by atomic mass is 9.91. The lowest BCUT2D eigenvalue weighted by Crippen LogP contribution is -2.28. The van der Waals surface area contributed by atoms with Gasteiger partial charge in [-0.1, -0.05) is 55.4 Å². The van der Waals surface area contributed by atoms with E-state index < -0.39 is 0 Å². The predicted octanol–water partition coefficient (Wildman–Crippen LogP) is 7.28. The summed E-state index contributed by atoms with van der Waals surface area (Å²) >= 11 is 0. The highest BCUT2D eigenvalue weighted by molar-refractivity contribution is 5.71. The molecule has 0 amide bonds. The number of hydrogen-bond donors (Lipinski definition) is 0. The topological polar surface area (TPSA) is 92.8 Å². The number of non-ortho nitro benzene ring substituents is 2. The Hall–Kier alpha value is -3.16. The molecule has 1 aliphatic heterocycles. The van der Waals surface area contributed by atoms with Crippen LogP contribution >= 0.6 is 0 Å². The quantitative estimate of drug-likeness (QED) is 0.290. The van der Waals surface area contributed by atoms with Gasteiger partial charge in [0.15, 0.2) is 0 Å². The van der Waals surface area contributed by atoms with Gasteiger partial charge in [0, 0.05) is 48.7 Å². The summed E-state index contributed by atoms with van der Waals surface area (Å²) in [5.74, 6) is 0.531. The number of hydrogen-bond acceptors (Lipinski definition) is 6. The smallest absolute Gasteiger partial charge is 0.270 e. The molecule has 1 heterocycles. The van der Waals surface area contributed by atoms with Crippen LogP contribution in [0.1, 0.15) is 101 Å². The van der Waals surface area contributed by atoms with E-state index in [0.717, 1.165) is 46.7 Å². The average Bonchev–Trinajstić information content (AvgIpc) is 3.26. The van der Waals surface area contributed by atoms with Gasteiger partial charge in [0.1, 0.15) is 0 Å². The van der Waals surface area contributed by atoms with E-state index in [4.69, 9.17) is 0 Å². The van der Waals surface area contributed by atoms with Crippen molar-refractivity contribution in [2.45, 2.75) is 79.1 Å². The van der Waals surface area contributed by atoms with Gasteiger partial charge in [-0.05, 0) is 45.9 Å². The molecule has 190 valence electrons. The Morgan fingerprint density at radius 1 is 0.600 bits per heavy atom. The number of rotatable bonds is 8. The average molecular weight is 483 g/mol. The number of benzene rings is 2. The Balaban J connectivity index is 2.14. The van der Waals surface area contributed by atoms with Gasteiger partial charge in [-0.25, -0.2) is 0 Å². The van der Waals surface area contributed by atoms with Crippen molar-refractivity contribution < 1.29 is 9.85 Å². The summed E-state index contributed by atoms with van der Waals surface area (Å²) in [4.78, 5) is 27.3. The summed E-state index contributed by atoms with van der Waals surface area (Å²) in [7, 11) is 0. The van der Waals surface area contributed by atoms with Crippen molar-refractivity contribution in [3.8, 4) is 0 Å². The first-order valence-electron chi connectivity index (χ1n) is 12.5. The van der Waals surface area contributed by atoms with Crippen LogP contribution in [-0.2, 0) is 0 Å². The third-order valence-electron chi connectivity index (χ3n) is 6.83. The molecule has 0 aromatic heterocycles. The van der Waals surface area contributed by atoms with Crippen LogP contribution in [0.5, 0.6) is 0 Å². The molecule has 1 aliphatic rings. The van der Waals surface area contributed by atoms with Crippen LogP contribution in [0.2, 0.25) is 0 Å². The minimum atomic E-state index is -0.307. The monoisotopic (exact) mass is 482 g/mol. The number of nitrogens with zero attached hydrogens (tertiary/aromatic N) is 4. The second-order valence-electron chi connectivity index (χ2n) is 10.7. The van der Waals surface area contributed by atoms with E-state index in [0.29, 0.717) is 6.67 Å². The third-order valence-corrected chi connectivity index (χ3v) is 6.83. The minimum Gasteiger partial charge on any atom is -0.352 e. The molecule has 0 bridgehead atoms. The molecule has 1 fully saturated rings. The summed E-state index contributed by atoms with van der Waals surface area (Å²) < 4.78 is 0. The number of anilines is 2. The second kappa shape index (κ2) is 10.2. The van der Waals surface area contributed by atoms with E-state index in [1.165, 1.54) is 0 Å². The van der Waals surface area contributed by atoms with Gasteiger partial charge in [0.05, 0.1) is 16.5 Å². The number of nitro benzene ring substituents is 2. The van der Waals surface area contributed by atoms with Crippen LogP contribution in [0.3, 0.4) is 0 Å². The molecular formula is C27H38N4O4. The zero-order valence-corrected chi connectivity index (χ0v) is 22.2. The van der Waals surface area contributed by atoms with Crippen LogP contribution in [-0.4, -0.2) is 29.6 Å². The summed E-state index contributed by atoms with van der Waals surface area (Å²) in [6.07, 6.45) is 0. The van der Waals surface area contributed by atoms with Crippen molar-refractivity contribution in [2.75, 3.05) is 29.6 Å². The molecule has 3 rings (SSSR count). The highest BCUT2D eigenvalue weighted by Gasteiger charge is 2.32. The highest BCUT2D eigenvalue weighted by atomic mass is 16.6. The van der Waals surface area contributed by atoms with Crippen molar-refractivity contribution in [3.05, 3.63) is 66.7 Å². The maximum atomic E-state index is 11.6. The largest absolute Gasteiger partial charge is 0.352 e. The summed E-state index contributed by atoms with van der Waals surface area (Å²) in [5, 5.41) is 23.3. The van der Waals surface area contributed by atoms with Crippen molar-refractivity contribution in [3.63, 3.8) is 0 Å². The SMILES string of the molecule is CC(C)c1cc([N+](=O)[O-])cc(C(C)C)c1N1CCN(c2c(C(C)C)cc([N+](=O)[O-])cc2C(C)C)C1. The first-order valence-corrected chi connectivity index (χ1v) is 12.5. The fraction of sp³-hybridized carbons (Fsp3) is 0.556. The van der Waals surface area contributed by atoms with Crippen molar-refractivity contribution in [2.24, 2.45) is 0 Å². The molecule has 0 atom stereocenters. The lowest BCUT2D eigenvalue weighted by Gasteiger charge is -2.31. The van der Waals surface area contributed by atoms with Crippen LogP contribution < -0.4 is 9.80 Å². The van der Waals surface area contributed by atoms with Crippen LogP contribution in [0.25, 0.3) is 0 Å². The molecule has 8 nitrogen and oxygen atoms in total. The molecule has 35 heavy (non-hydrogen) atoms. The Bertz CT molecular complexity index is 979. The summed E-state index contributed by atoms with van der Waals surface area (Å²) in [5.41, 5.74) is 6.39. The molecule has 0 saturated carbocycles. The Morgan fingerprint density at radius 2 is 0.857 bits per heavy atom. The van der Waals surface area contributed by atoms with E-state index in [-0.39, 0.29) is 44.9 Å². The van der Waals surface area contributed by atoms with Gasteiger partial charge >= 0.3 is 0 Å². The standard InChI is InChI=1S/C27H38N4O4/c1-16(2)22-11-20(30(32)33)12-23(17(3)4)26(22)28-9-10-29(15-28)27-24(18(5)6)13-21(31(34)35)14-25(27)19(7)8/h11-14,16-19H,9-10,15H2,1-8H3. The predicted molar refractivity (Wildman–Crippen MR) is 142 cm³/mol. The summed E-state index contributed by atoms with van der Waals surface area (Å²) in [6, 6.07) is 6.89. The zero-order chi connectivity index (χ0) is 26.2. The number of nitro groups is 2. The summed E-state index contributed by atoms with van der Waals surface area (Å²) in [6.45, 7) is 18.8. The molecule has 0 spiro atoms. The Morgan fingerprint density at radius 3 is 1.06 bits per heavy atom. The third kappa shape index (κ3) is 5.26. The van der Waals surface area contributed by atoms with Crippen LogP contribution in [0.4, 0.5) is 22.7 Å². The van der Waals surface area contributed by atoms with Gasteiger partial charge in [0.2, 0.25) is 0 Å². The van der Waals surface area contributed by atoms with Crippen LogP contribution in [0, 0.1) is 20.2 Å². The molecule has 1 saturated heterocycles. The molecule has 0 N–H and O–H groups in total. The van der Waals surface area contributed by atoms with Crippen molar-refractivity contribution in [1.29, 1.82) is 0 Å². The first kappa shape index (κ1) is 26.4. The van der Waals surface area contributed by atoms with Crippen LogP contribution in [0.15, 0.2) is 24.3 Å². The maximum absolute atomic E-state index is 11.6. The Kier molecular flexibility index (Phi) is 7.72. The molecule has 0 unspecified atom stereocenters. The second-order valence-corrected chi connectivity index (χ2v) is 10.7. The molecule has 8 heteroatoms. The zero-order valence-electron chi connectivity index (χ0n) is 22.2. The van der Waals surface area contributed by atoms with Gasteiger partial charge in [-0.15, -0.1) is 0 Å². The fourth-order valence-corrected chi connectivity index (χ4v) is 4.98. The fourth-order valence-electron chi connectivity index (χ4n) is 4.98. The lowest BCUT2D eigenvalue weighted by molar-refractivity contribution is -0.385. The maximum Gasteiger partial charge on any atom is 0.270 e. The normalized spacial score (nSPS) is 14.2. The van der Waals surface area contributed by atoms with E-state index in [1.807, 2.05) is 0 Å². The molecular weight excluding hydrogens is 444 g/mol.